The highest BCUT2D eigenvalue weighted by Crippen LogP contribution is 2.39. The van der Waals surface area contributed by atoms with Gasteiger partial charge in [-0.15, -0.1) is 0 Å². The van der Waals surface area contributed by atoms with E-state index in [-0.39, 0.29) is 11.9 Å². The van der Waals surface area contributed by atoms with E-state index in [9.17, 15) is 8.78 Å². The van der Waals surface area contributed by atoms with Crippen LogP contribution in [0.3, 0.4) is 0 Å². The number of anilines is 2. The minimum absolute atomic E-state index is 0.131. The Bertz CT molecular complexity index is 858. The molecule has 0 aromatic carbocycles. The fourth-order valence-electron chi connectivity index (χ4n) is 2.61. The van der Waals surface area contributed by atoms with Crippen LogP contribution in [-0.2, 0) is 0 Å². The Kier molecular flexibility index (Phi) is 3.51. The highest BCUT2D eigenvalue weighted by atomic mass is 19.3. The number of nitrogens with one attached hydrogen (secondary N) is 2. The number of rotatable bonds is 6. The third kappa shape index (κ3) is 2.86. The molecular formula is C14H15F2N7O. The summed E-state index contributed by atoms with van der Waals surface area (Å²) in [6.07, 6.45) is 5.63. The molecule has 1 aliphatic carbocycles. The minimum Gasteiger partial charge on any atom is -0.417 e. The first-order valence-corrected chi connectivity index (χ1v) is 7.57. The van der Waals surface area contributed by atoms with Gasteiger partial charge >= 0.3 is 6.61 Å². The summed E-state index contributed by atoms with van der Waals surface area (Å²) in [7, 11) is 0. The number of fused-ring (bicyclic) bond motifs is 1. The molecule has 0 spiro atoms. The molecule has 0 radical (unpaired) electrons. The smallest absolute Gasteiger partial charge is 0.388 e. The van der Waals surface area contributed by atoms with Crippen LogP contribution in [0.5, 0.6) is 5.88 Å². The Labute approximate surface area is 135 Å². The SMILES string of the molecule is C[C@@H](C1CC1)n1ncc2ncc(Nc3cc(OC(F)F)[nH]n3)nc21. The first-order chi connectivity index (χ1) is 11.6. The van der Waals surface area contributed by atoms with Crippen molar-refractivity contribution in [3.05, 3.63) is 18.5 Å². The zero-order valence-electron chi connectivity index (χ0n) is 12.8. The normalized spacial score (nSPS) is 15.8. The number of halogens is 2. The predicted octanol–water partition coefficient (Wildman–Crippen LogP) is 2.87. The van der Waals surface area contributed by atoms with Crippen molar-refractivity contribution in [1.82, 2.24) is 29.9 Å². The zero-order valence-corrected chi connectivity index (χ0v) is 12.8. The summed E-state index contributed by atoms with van der Waals surface area (Å²) < 4.78 is 30.4. The Morgan fingerprint density at radius 2 is 2.17 bits per heavy atom. The molecule has 8 nitrogen and oxygen atoms in total. The molecule has 0 bridgehead atoms. The van der Waals surface area contributed by atoms with Crippen LogP contribution < -0.4 is 10.1 Å². The maximum absolute atomic E-state index is 12.2. The summed E-state index contributed by atoms with van der Waals surface area (Å²) in [4.78, 5) is 8.83. The van der Waals surface area contributed by atoms with Gasteiger partial charge in [-0.3, -0.25) is 0 Å². The fraction of sp³-hybridized carbons (Fsp3) is 0.429. The van der Waals surface area contributed by atoms with Crippen molar-refractivity contribution in [3.8, 4) is 5.88 Å². The van der Waals surface area contributed by atoms with Gasteiger partial charge in [0.2, 0.25) is 5.88 Å². The van der Waals surface area contributed by atoms with Crippen LogP contribution in [-0.4, -0.2) is 36.6 Å². The van der Waals surface area contributed by atoms with E-state index in [2.05, 4.69) is 42.2 Å². The summed E-state index contributed by atoms with van der Waals surface area (Å²) in [5.74, 6) is 1.25. The van der Waals surface area contributed by atoms with Gasteiger partial charge in [0.25, 0.3) is 0 Å². The second-order valence-electron chi connectivity index (χ2n) is 5.75. The van der Waals surface area contributed by atoms with E-state index in [0.29, 0.717) is 28.7 Å². The van der Waals surface area contributed by atoms with Crippen molar-refractivity contribution in [1.29, 1.82) is 0 Å². The van der Waals surface area contributed by atoms with Gasteiger partial charge in [0.05, 0.1) is 18.4 Å². The average molecular weight is 335 g/mol. The quantitative estimate of drug-likeness (QED) is 0.719. The van der Waals surface area contributed by atoms with Crippen LogP contribution in [0.2, 0.25) is 0 Å². The van der Waals surface area contributed by atoms with Crippen LogP contribution in [0.1, 0.15) is 25.8 Å². The Balaban J connectivity index is 1.57. The lowest BCUT2D eigenvalue weighted by Crippen LogP contribution is -2.10. The maximum Gasteiger partial charge on any atom is 0.388 e. The van der Waals surface area contributed by atoms with Crippen LogP contribution in [0.15, 0.2) is 18.5 Å². The summed E-state index contributed by atoms with van der Waals surface area (Å²) in [5, 5.41) is 13.5. The molecule has 0 aliphatic heterocycles. The van der Waals surface area contributed by atoms with E-state index in [0.717, 1.165) is 0 Å². The molecule has 1 fully saturated rings. The number of nitrogens with zero attached hydrogens (tertiary/aromatic N) is 5. The molecule has 3 aromatic rings. The molecule has 24 heavy (non-hydrogen) atoms. The molecule has 0 saturated heterocycles. The van der Waals surface area contributed by atoms with Gasteiger partial charge in [-0.25, -0.2) is 19.7 Å². The number of hydrogen-bond donors (Lipinski definition) is 2. The van der Waals surface area contributed by atoms with Gasteiger partial charge in [-0.2, -0.15) is 19.0 Å². The summed E-state index contributed by atoms with van der Waals surface area (Å²) in [5.41, 5.74) is 1.38. The zero-order chi connectivity index (χ0) is 16.7. The van der Waals surface area contributed by atoms with E-state index in [1.54, 1.807) is 12.4 Å². The molecular weight excluding hydrogens is 320 g/mol. The standard InChI is InChI=1S/C14H15F2N7O/c1-7(8-2-3-8)23-13-9(5-18-23)17-6-11(20-13)19-10-4-12(22-21-10)24-14(15)16/h4-8,14H,2-3H2,1H3,(H2,19,20,21,22)/t7-/m0/s1. The number of H-pyrrole nitrogens is 1. The molecule has 3 aromatic heterocycles. The maximum atomic E-state index is 12.2. The van der Waals surface area contributed by atoms with Crippen molar-refractivity contribution >= 4 is 22.8 Å². The minimum atomic E-state index is -2.91. The molecule has 1 aliphatic rings. The van der Waals surface area contributed by atoms with Gasteiger partial charge in [-0.05, 0) is 25.7 Å². The third-order valence-corrected chi connectivity index (χ3v) is 4.02. The van der Waals surface area contributed by atoms with Crippen molar-refractivity contribution in [2.24, 2.45) is 5.92 Å². The van der Waals surface area contributed by atoms with Gasteiger partial charge in [0, 0.05) is 6.07 Å². The van der Waals surface area contributed by atoms with Crippen LogP contribution >= 0.6 is 0 Å². The third-order valence-electron chi connectivity index (χ3n) is 4.02. The number of hydrogen-bond acceptors (Lipinski definition) is 6. The second-order valence-corrected chi connectivity index (χ2v) is 5.75. The van der Waals surface area contributed by atoms with E-state index in [1.807, 2.05) is 4.68 Å². The highest BCUT2D eigenvalue weighted by Gasteiger charge is 2.30. The predicted molar refractivity (Wildman–Crippen MR) is 81.3 cm³/mol. The van der Waals surface area contributed by atoms with Gasteiger partial charge in [0.1, 0.15) is 5.52 Å². The molecule has 10 heteroatoms. The van der Waals surface area contributed by atoms with Crippen molar-refractivity contribution < 1.29 is 13.5 Å². The molecule has 1 atom stereocenters. The van der Waals surface area contributed by atoms with E-state index < -0.39 is 6.61 Å². The molecule has 3 heterocycles. The molecule has 126 valence electrons. The highest BCUT2D eigenvalue weighted by molar-refractivity contribution is 5.72. The Morgan fingerprint density at radius 1 is 1.33 bits per heavy atom. The van der Waals surface area contributed by atoms with Crippen LogP contribution in [0, 0.1) is 5.92 Å². The molecule has 1 saturated carbocycles. The van der Waals surface area contributed by atoms with Crippen LogP contribution in [0.25, 0.3) is 11.2 Å². The van der Waals surface area contributed by atoms with Gasteiger partial charge in [-0.1, -0.05) is 0 Å². The largest absolute Gasteiger partial charge is 0.417 e. The lowest BCUT2D eigenvalue weighted by molar-refractivity contribution is -0.0528. The lowest BCUT2D eigenvalue weighted by Gasteiger charge is -2.11. The van der Waals surface area contributed by atoms with Gasteiger partial charge < -0.3 is 10.1 Å². The number of aromatic amines is 1. The lowest BCUT2D eigenvalue weighted by atomic mass is 10.2. The average Bonchev–Trinajstić information content (AvgIpc) is 3.18. The van der Waals surface area contributed by atoms with Crippen molar-refractivity contribution in [3.63, 3.8) is 0 Å². The first kappa shape index (κ1) is 14.8. The number of alkyl halides is 2. The van der Waals surface area contributed by atoms with Crippen molar-refractivity contribution in [2.45, 2.75) is 32.4 Å². The van der Waals surface area contributed by atoms with Crippen LogP contribution in [0.4, 0.5) is 20.4 Å². The Hall–Kier alpha value is -2.78. The fourth-order valence-corrected chi connectivity index (χ4v) is 2.61. The molecule has 0 unspecified atom stereocenters. The van der Waals surface area contributed by atoms with Gasteiger partial charge in [0.15, 0.2) is 17.3 Å². The molecule has 2 N–H and O–H groups in total. The second kappa shape index (κ2) is 5.69. The molecule has 0 amide bonds. The summed E-state index contributed by atoms with van der Waals surface area (Å²) >= 11 is 0. The molecule has 4 rings (SSSR count). The summed E-state index contributed by atoms with van der Waals surface area (Å²) in [6, 6.07) is 1.59. The van der Waals surface area contributed by atoms with Crippen molar-refractivity contribution in [2.75, 3.05) is 5.32 Å². The topological polar surface area (TPSA) is 93.5 Å². The monoisotopic (exact) mass is 335 g/mol. The summed E-state index contributed by atoms with van der Waals surface area (Å²) in [6.45, 7) is -0.791. The number of aromatic nitrogens is 6. The first-order valence-electron chi connectivity index (χ1n) is 7.57. The van der Waals surface area contributed by atoms with E-state index >= 15 is 0 Å². The Morgan fingerprint density at radius 3 is 2.92 bits per heavy atom. The van der Waals surface area contributed by atoms with E-state index in [1.165, 1.54) is 18.9 Å². The number of ether oxygens (including phenoxy) is 1. The van der Waals surface area contributed by atoms with E-state index in [4.69, 9.17) is 0 Å².